The average Bonchev–Trinajstić information content (AvgIpc) is 3.20. The number of carbonyl (C=O) groups is 1. The smallest absolute Gasteiger partial charge is 0.320 e. The Morgan fingerprint density at radius 3 is 2.79 bits per heavy atom. The molecule has 0 atom stereocenters. The monoisotopic (exact) mass is 379 g/mol. The molecule has 0 unspecified atom stereocenters. The molecule has 0 saturated heterocycles. The van der Waals surface area contributed by atoms with Gasteiger partial charge in [-0.2, -0.15) is 0 Å². The van der Waals surface area contributed by atoms with Crippen LogP contribution in [0.15, 0.2) is 41.5 Å². The molecule has 28 heavy (non-hydrogen) atoms. The number of H-pyrrole nitrogens is 1. The summed E-state index contributed by atoms with van der Waals surface area (Å²) < 4.78 is 5.08. The Balaban J connectivity index is 1.58. The molecule has 3 heterocycles. The van der Waals surface area contributed by atoms with Gasteiger partial charge in [-0.15, -0.1) is 0 Å². The molecule has 3 N–H and O–H groups in total. The minimum absolute atomic E-state index is 0.226. The van der Waals surface area contributed by atoms with Crippen LogP contribution in [0.3, 0.4) is 0 Å². The molecule has 4 rings (SSSR count). The summed E-state index contributed by atoms with van der Waals surface area (Å²) in [5, 5.41) is 5.77. The Kier molecular flexibility index (Phi) is 4.92. The second kappa shape index (κ2) is 7.67. The van der Waals surface area contributed by atoms with Crippen molar-refractivity contribution in [1.82, 2.24) is 20.3 Å². The summed E-state index contributed by atoms with van der Waals surface area (Å²) in [4.78, 5) is 35.4. The number of methoxy groups -OCH3 is 1. The van der Waals surface area contributed by atoms with Crippen LogP contribution in [0.2, 0.25) is 0 Å². The van der Waals surface area contributed by atoms with Gasteiger partial charge in [-0.3, -0.25) is 15.1 Å². The fourth-order valence-corrected chi connectivity index (χ4v) is 3.42. The molecule has 8 heteroatoms. The van der Waals surface area contributed by atoms with Crippen LogP contribution in [0.5, 0.6) is 5.75 Å². The Morgan fingerprint density at radius 1 is 1.18 bits per heavy atom. The van der Waals surface area contributed by atoms with Gasteiger partial charge in [0.15, 0.2) is 5.75 Å². The number of urea groups is 1. The van der Waals surface area contributed by atoms with Crippen molar-refractivity contribution in [2.75, 3.05) is 12.4 Å². The highest BCUT2D eigenvalue weighted by atomic mass is 16.5. The van der Waals surface area contributed by atoms with Gasteiger partial charge >= 0.3 is 6.03 Å². The quantitative estimate of drug-likeness (QED) is 0.645. The zero-order chi connectivity index (χ0) is 19.5. The lowest BCUT2D eigenvalue weighted by Crippen LogP contribution is -2.36. The number of ether oxygens (including phenoxy) is 1. The summed E-state index contributed by atoms with van der Waals surface area (Å²) in [6, 6.07) is 7.04. The number of carbonyl (C=O) groups excluding carboxylic acids is 1. The molecule has 0 aliphatic heterocycles. The van der Waals surface area contributed by atoms with Crippen LogP contribution < -0.4 is 20.9 Å². The van der Waals surface area contributed by atoms with Crippen LogP contribution in [-0.4, -0.2) is 34.1 Å². The van der Waals surface area contributed by atoms with Gasteiger partial charge in [0.1, 0.15) is 5.82 Å². The highest BCUT2D eigenvalue weighted by molar-refractivity contribution is 5.90. The Morgan fingerprint density at radius 2 is 2.00 bits per heavy atom. The third-order valence-electron chi connectivity index (χ3n) is 4.89. The number of amides is 2. The molecular formula is C20H21N5O3. The van der Waals surface area contributed by atoms with E-state index in [0.29, 0.717) is 16.9 Å². The molecular weight excluding hydrogens is 358 g/mol. The Labute approximate surface area is 161 Å². The number of pyridine rings is 3. The minimum atomic E-state index is -0.294. The highest BCUT2D eigenvalue weighted by Crippen LogP contribution is 2.24. The van der Waals surface area contributed by atoms with E-state index in [-0.39, 0.29) is 23.4 Å². The summed E-state index contributed by atoms with van der Waals surface area (Å²) in [5.41, 5.74) is 2.59. The van der Waals surface area contributed by atoms with Crippen LogP contribution in [0, 0.1) is 0 Å². The van der Waals surface area contributed by atoms with Crippen molar-refractivity contribution in [1.29, 1.82) is 0 Å². The predicted octanol–water partition coefficient (Wildman–Crippen LogP) is 3.06. The summed E-state index contributed by atoms with van der Waals surface area (Å²) in [6.07, 6.45) is 7.66. The topological polar surface area (TPSA) is 109 Å². The summed E-state index contributed by atoms with van der Waals surface area (Å²) in [6.45, 7) is 0. The Hall–Kier alpha value is -3.42. The summed E-state index contributed by atoms with van der Waals surface area (Å²) >= 11 is 0. The first-order valence-electron chi connectivity index (χ1n) is 9.24. The molecule has 0 radical (unpaired) electrons. The number of aromatic nitrogens is 3. The third kappa shape index (κ3) is 3.80. The molecule has 1 saturated carbocycles. The lowest BCUT2D eigenvalue weighted by molar-refractivity contribution is 0.248. The predicted molar refractivity (Wildman–Crippen MR) is 107 cm³/mol. The van der Waals surface area contributed by atoms with E-state index in [1.807, 2.05) is 12.1 Å². The summed E-state index contributed by atoms with van der Waals surface area (Å²) in [7, 11) is 1.45. The first-order valence-corrected chi connectivity index (χ1v) is 9.24. The van der Waals surface area contributed by atoms with Gasteiger partial charge < -0.3 is 15.0 Å². The van der Waals surface area contributed by atoms with Crippen molar-refractivity contribution in [3.63, 3.8) is 0 Å². The molecule has 1 aliphatic carbocycles. The number of fused-ring (bicyclic) bond motifs is 1. The van der Waals surface area contributed by atoms with Gasteiger partial charge in [0.25, 0.3) is 5.56 Å². The fraction of sp³-hybridized carbons (Fsp3) is 0.300. The van der Waals surface area contributed by atoms with Crippen LogP contribution in [0.1, 0.15) is 25.7 Å². The second-order valence-corrected chi connectivity index (χ2v) is 6.82. The van der Waals surface area contributed by atoms with E-state index in [4.69, 9.17) is 4.74 Å². The van der Waals surface area contributed by atoms with Gasteiger partial charge in [-0.05, 0) is 37.1 Å². The Bertz CT molecular complexity index is 1070. The second-order valence-electron chi connectivity index (χ2n) is 6.82. The van der Waals surface area contributed by atoms with E-state index >= 15 is 0 Å². The maximum atomic E-state index is 12.2. The van der Waals surface area contributed by atoms with E-state index < -0.39 is 0 Å². The largest absolute Gasteiger partial charge is 0.491 e. The molecule has 3 aromatic rings. The molecule has 1 aliphatic rings. The minimum Gasteiger partial charge on any atom is -0.491 e. The van der Waals surface area contributed by atoms with Gasteiger partial charge in [-0.25, -0.2) is 9.78 Å². The molecule has 0 spiro atoms. The van der Waals surface area contributed by atoms with Crippen molar-refractivity contribution in [2.24, 2.45) is 0 Å². The molecule has 1 fully saturated rings. The molecule has 0 bridgehead atoms. The summed E-state index contributed by atoms with van der Waals surface area (Å²) in [5.74, 6) is 0.686. The van der Waals surface area contributed by atoms with E-state index in [1.54, 1.807) is 24.5 Å². The lowest BCUT2D eigenvalue weighted by Gasteiger charge is -2.12. The van der Waals surface area contributed by atoms with Crippen molar-refractivity contribution in [3.8, 4) is 16.9 Å². The zero-order valence-corrected chi connectivity index (χ0v) is 15.5. The van der Waals surface area contributed by atoms with Crippen molar-refractivity contribution < 1.29 is 9.53 Å². The number of hydrogen-bond donors (Lipinski definition) is 3. The zero-order valence-electron chi connectivity index (χ0n) is 15.5. The number of rotatable bonds is 4. The van der Waals surface area contributed by atoms with E-state index in [0.717, 1.165) is 36.8 Å². The van der Waals surface area contributed by atoms with Crippen LogP contribution in [0.4, 0.5) is 10.6 Å². The number of hydrogen-bond acceptors (Lipinski definition) is 5. The van der Waals surface area contributed by atoms with Crippen molar-refractivity contribution >= 4 is 22.9 Å². The van der Waals surface area contributed by atoms with Gasteiger partial charge in [-0.1, -0.05) is 12.8 Å². The van der Waals surface area contributed by atoms with E-state index in [9.17, 15) is 9.59 Å². The fourth-order valence-electron chi connectivity index (χ4n) is 3.42. The molecule has 3 aromatic heterocycles. The molecule has 2 amide bonds. The number of nitrogens with one attached hydrogen (secondary N) is 3. The van der Waals surface area contributed by atoms with Gasteiger partial charge in [0.05, 0.1) is 18.1 Å². The standard InChI is InChI=1S/C20H21N5O3/c1-28-17-9-13(11-22-19(17)26)12-8-16-15(21-10-12)6-7-18(24-16)25-20(27)23-14-4-2-3-5-14/h6-11,14H,2-5H2,1H3,(H,22,26)(H2,23,24,25,27). The number of aromatic amines is 1. The number of anilines is 1. The molecule has 0 aromatic carbocycles. The first kappa shape index (κ1) is 18.0. The lowest BCUT2D eigenvalue weighted by atomic mass is 10.1. The van der Waals surface area contributed by atoms with Crippen molar-refractivity contribution in [3.05, 3.63) is 47.0 Å². The highest BCUT2D eigenvalue weighted by Gasteiger charge is 2.17. The first-order chi connectivity index (χ1) is 13.6. The maximum absolute atomic E-state index is 12.2. The normalized spacial score (nSPS) is 14.2. The maximum Gasteiger partial charge on any atom is 0.320 e. The average molecular weight is 379 g/mol. The van der Waals surface area contributed by atoms with Gasteiger partial charge in [0.2, 0.25) is 0 Å². The van der Waals surface area contributed by atoms with E-state index in [2.05, 4.69) is 25.6 Å². The van der Waals surface area contributed by atoms with Crippen molar-refractivity contribution in [2.45, 2.75) is 31.7 Å². The molecule has 144 valence electrons. The number of nitrogens with zero attached hydrogens (tertiary/aromatic N) is 2. The SMILES string of the molecule is COc1cc(-c2cnc3ccc(NC(=O)NC4CCCC4)nc3c2)c[nH]c1=O. The third-order valence-corrected chi connectivity index (χ3v) is 4.89. The van der Waals surface area contributed by atoms with Crippen LogP contribution >= 0.6 is 0 Å². The molecule has 8 nitrogen and oxygen atoms in total. The van der Waals surface area contributed by atoms with Crippen LogP contribution in [-0.2, 0) is 0 Å². The van der Waals surface area contributed by atoms with Gasteiger partial charge in [0, 0.05) is 29.6 Å². The van der Waals surface area contributed by atoms with E-state index in [1.165, 1.54) is 7.11 Å². The van der Waals surface area contributed by atoms with Crippen LogP contribution in [0.25, 0.3) is 22.2 Å².